The summed E-state index contributed by atoms with van der Waals surface area (Å²) in [6.07, 6.45) is 0.950. The Bertz CT molecular complexity index is 618. The maximum atomic E-state index is 11.8. The van der Waals surface area contributed by atoms with Gasteiger partial charge in [-0.15, -0.1) is 0 Å². The Labute approximate surface area is 97.1 Å². The summed E-state index contributed by atoms with van der Waals surface area (Å²) in [6.45, 7) is 0.935. The minimum absolute atomic E-state index is 0.0743. The van der Waals surface area contributed by atoms with E-state index in [0.717, 1.165) is 13.0 Å². The summed E-state index contributed by atoms with van der Waals surface area (Å²) in [6, 6.07) is 3.59. The quantitative estimate of drug-likeness (QED) is 0.781. The second-order valence-corrected chi connectivity index (χ2v) is 3.97. The second-order valence-electron chi connectivity index (χ2n) is 3.97. The third-order valence-corrected chi connectivity index (χ3v) is 2.92. The van der Waals surface area contributed by atoms with Crippen LogP contribution in [0.5, 0.6) is 5.88 Å². The molecule has 0 aliphatic carbocycles. The Morgan fingerprint density at radius 1 is 1.41 bits per heavy atom. The zero-order chi connectivity index (χ0) is 11.8. The summed E-state index contributed by atoms with van der Waals surface area (Å²) in [7, 11) is 1.53. The van der Waals surface area contributed by atoms with E-state index in [1.54, 1.807) is 12.1 Å². The molecule has 0 bridgehead atoms. The Morgan fingerprint density at radius 3 is 2.88 bits per heavy atom. The molecule has 3 heterocycles. The van der Waals surface area contributed by atoms with E-state index in [2.05, 4.69) is 20.3 Å². The minimum Gasteiger partial charge on any atom is -0.481 e. The smallest absolute Gasteiger partial charge is 0.272 e. The number of rotatable bonds is 2. The molecule has 2 aromatic heterocycles. The Hall–Kier alpha value is -1.95. The monoisotopic (exact) mass is 232 g/mol. The molecule has 6 heteroatoms. The third-order valence-electron chi connectivity index (χ3n) is 2.92. The van der Waals surface area contributed by atoms with Crippen molar-refractivity contribution < 1.29 is 4.74 Å². The van der Waals surface area contributed by atoms with Crippen LogP contribution in [0.25, 0.3) is 11.2 Å². The lowest BCUT2D eigenvalue weighted by molar-refractivity contribution is 0.372. The number of hydrogen-bond donors (Lipinski definition) is 2. The predicted molar refractivity (Wildman–Crippen MR) is 62.1 cm³/mol. The van der Waals surface area contributed by atoms with Gasteiger partial charge in [-0.3, -0.25) is 4.79 Å². The van der Waals surface area contributed by atoms with Gasteiger partial charge < -0.3 is 15.0 Å². The van der Waals surface area contributed by atoms with Crippen molar-refractivity contribution in [3.05, 3.63) is 28.2 Å². The van der Waals surface area contributed by atoms with Crippen LogP contribution in [0, 0.1) is 0 Å². The second kappa shape index (κ2) is 3.81. The lowest BCUT2D eigenvalue weighted by Gasteiger charge is -2.26. The maximum Gasteiger partial charge on any atom is 0.272 e. The highest BCUT2D eigenvalue weighted by atomic mass is 16.5. The molecule has 0 amide bonds. The number of fused-ring (bicyclic) bond motifs is 1. The van der Waals surface area contributed by atoms with Crippen molar-refractivity contribution in [3.8, 4) is 5.88 Å². The van der Waals surface area contributed by atoms with E-state index in [0.29, 0.717) is 22.7 Å². The SMILES string of the molecule is COc1ccc2nc(C3CCN3)c(=O)[nH]c2n1. The highest BCUT2D eigenvalue weighted by Gasteiger charge is 2.23. The number of nitrogens with one attached hydrogen (secondary N) is 2. The van der Waals surface area contributed by atoms with E-state index >= 15 is 0 Å². The Morgan fingerprint density at radius 2 is 2.24 bits per heavy atom. The molecule has 1 unspecified atom stereocenters. The van der Waals surface area contributed by atoms with Crippen LogP contribution in [0.1, 0.15) is 18.2 Å². The normalized spacial score (nSPS) is 19.0. The van der Waals surface area contributed by atoms with E-state index in [9.17, 15) is 4.79 Å². The average Bonchev–Trinajstić information content (AvgIpc) is 2.27. The van der Waals surface area contributed by atoms with Crippen LogP contribution in [0.2, 0.25) is 0 Å². The molecule has 3 rings (SSSR count). The van der Waals surface area contributed by atoms with E-state index in [1.165, 1.54) is 7.11 Å². The Kier molecular flexibility index (Phi) is 2.29. The lowest BCUT2D eigenvalue weighted by atomic mass is 10.0. The van der Waals surface area contributed by atoms with Crippen molar-refractivity contribution in [2.24, 2.45) is 0 Å². The zero-order valence-corrected chi connectivity index (χ0v) is 9.36. The van der Waals surface area contributed by atoms with Crippen LogP contribution in [0.3, 0.4) is 0 Å². The highest BCUT2D eigenvalue weighted by molar-refractivity contribution is 5.70. The number of aromatic amines is 1. The molecule has 88 valence electrons. The number of aromatic nitrogens is 3. The van der Waals surface area contributed by atoms with Crippen LogP contribution >= 0.6 is 0 Å². The van der Waals surface area contributed by atoms with Crippen molar-refractivity contribution in [2.45, 2.75) is 12.5 Å². The standard InChI is InChI=1S/C11H12N4O2/c1-17-8-3-2-7-10(14-8)15-11(16)9(13-7)6-4-5-12-6/h2-3,6,12H,4-5H2,1H3,(H,14,15,16). The molecule has 0 saturated carbocycles. The topological polar surface area (TPSA) is 79.9 Å². The molecule has 1 aliphatic heterocycles. The van der Waals surface area contributed by atoms with Gasteiger partial charge in [0.1, 0.15) is 11.2 Å². The van der Waals surface area contributed by atoms with Gasteiger partial charge in [0.15, 0.2) is 5.65 Å². The van der Waals surface area contributed by atoms with Crippen LogP contribution in [0.4, 0.5) is 0 Å². The fourth-order valence-electron chi connectivity index (χ4n) is 1.84. The molecule has 1 atom stereocenters. The summed E-state index contributed by atoms with van der Waals surface area (Å²) in [5.74, 6) is 0.462. The van der Waals surface area contributed by atoms with Crippen molar-refractivity contribution in [1.29, 1.82) is 0 Å². The van der Waals surface area contributed by atoms with Crippen LogP contribution < -0.4 is 15.6 Å². The summed E-state index contributed by atoms with van der Waals surface area (Å²) in [5.41, 5.74) is 1.48. The first-order valence-electron chi connectivity index (χ1n) is 5.46. The molecule has 1 aliphatic rings. The molecular formula is C11H12N4O2. The molecule has 1 fully saturated rings. The third kappa shape index (κ3) is 1.66. The van der Waals surface area contributed by atoms with Crippen molar-refractivity contribution in [1.82, 2.24) is 20.3 Å². The number of hydrogen-bond acceptors (Lipinski definition) is 5. The molecule has 6 nitrogen and oxygen atoms in total. The van der Waals surface area contributed by atoms with Gasteiger partial charge in [0.05, 0.1) is 13.2 Å². The highest BCUT2D eigenvalue weighted by Crippen LogP contribution is 2.19. The van der Waals surface area contributed by atoms with Crippen molar-refractivity contribution in [3.63, 3.8) is 0 Å². The number of ether oxygens (including phenoxy) is 1. The molecule has 2 aromatic rings. The fourth-order valence-corrected chi connectivity index (χ4v) is 1.84. The summed E-state index contributed by atoms with van der Waals surface area (Å²) < 4.78 is 5.00. The molecule has 1 saturated heterocycles. The first-order valence-corrected chi connectivity index (χ1v) is 5.46. The van der Waals surface area contributed by atoms with Crippen molar-refractivity contribution in [2.75, 3.05) is 13.7 Å². The fraction of sp³-hybridized carbons (Fsp3) is 0.364. The Balaban J connectivity index is 2.15. The summed E-state index contributed by atoms with van der Waals surface area (Å²) in [4.78, 5) is 23.0. The summed E-state index contributed by atoms with van der Waals surface area (Å²) in [5, 5.41) is 3.16. The molecule has 0 radical (unpaired) electrons. The van der Waals surface area contributed by atoms with Gasteiger partial charge in [-0.05, 0) is 19.0 Å². The molecule has 0 spiro atoms. The van der Waals surface area contributed by atoms with Gasteiger partial charge in [0, 0.05) is 6.07 Å². The molecule has 2 N–H and O–H groups in total. The van der Waals surface area contributed by atoms with Gasteiger partial charge in [-0.25, -0.2) is 4.98 Å². The van der Waals surface area contributed by atoms with Gasteiger partial charge in [0.25, 0.3) is 5.56 Å². The molecule has 17 heavy (non-hydrogen) atoms. The lowest BCUT2D eigenvalue weighted by Crippen LogP contribution is -2.39. The van der Waals surface area contributed by atoms with Gasteiger partial charge in [-0.1, -0.05) is 0 Å². The van der Waals surface area contributed by atoms with Crippen LogP contribution in [-0.4, -0.2) is 28.6 Å². The number of nitrogens with zero attached hydrogens (tertiary/aromatic N) is 2. The summed E-state index contributed by atoms with van der Waals surface area (Å²) >= 11 is 0. The number of H-pyrrole nitrogens is 1. The zero-order valence-electron chi connectivity index (χ0n) is 9.36. The maximum absolute atomic E-state index is 11.8. The average molecular weight is 232 g/mol. The largest absolute Gasteiger partial charge is 0.481 e. The van der Waals surface area contributed by atoms with Gasteiger partial charge in [-0.2, -0.15) is 4.98 Å². The molecular weight excluding hydrogens is 220 g/mol. The molecule has 0 aromatic carbocycles. The van der Waals surface area contributed by atoms with E-state index in [4.69, 9.17) is 4.74 Å². The van der Waals surface area contributed by atoms with E-state index < -0.39 is 0 Å². The van der Waals surface area contributed by atoms with Crippen LogP contribution in [0.15, 0.2) is 16.9 Å². The first kappa shape index (κ1) is 10.2. The van der Waals surface area contributed by atoms with E-state index in [1.807, 2.05) is 0 Å². The predicted octanol–water partition coefficient (Wildman–Crippen LogP) is 0.361. The minimum atomic E-state index is -0.185. The van der Waals surface area contributed by atoms with Gasteiger partial charge >= 0.3 is 0 Å². The number of pyridine rings is 1. The van der Waals surface area contributed by atoms with E-state index in [-0.39, 0.29) is 11.6 Å². The van der Waals surface area contributed by atoms with Crippen LogP contribution in [-0.2, 0) is 0 Å². The number of methoxy groups -OCH3 is 1. The van der Waals surface area contributed by atoms with Crippen molar-refractivity contribution >= 4 is 11.2 Å². The first-order chi connectivity index (χ1) is 8.28. The van der Waals surface area contributed by atoms with Gasteiger partial charge in [0.2, 0.25) is 5.88 Å².